The Morgan fingerprint density at radius 1 is 1.39 bits per heavy atom. The van der Waals surface area contributed by atoms with Crippen molar-refractivity contribution in [2.75, 3.05) is 6.54 Å². The maximum atomic E-state index is 11.7. The van der Waals surface area contributed by atoms with Gasteiger partial charge in [0.1, 0.15) is 5.75 Å². The number of hydrogen-bond donors (Lipinski definition) is 1. The van der Waals surface area contributed by atoms with Crippen LogP contribution in [0.1, 0.15) is 39.2 Å². The number of benzene rings is 1. The highest BCUT2D eigenvalue weighted by atomic mass is 79.9. The molecule has 0 fully saturated rings. The van der Waals surface area contributed by atoms with Crippen LogP contribution in [0, 0.1) is 0 Å². The van der Waals surface area contributed by atoms with Crippen molar-refractivity contribution in [2.24, 2.45) is 0 Å². The van der Waals surface area contributed by atoms with Crippen LogP contribution < -0.4 is 10.1 Å². The van der Waals surface area contributed by atoms with Gasteiger partial charge in [-0.3, -0.25) is 4.79 Å². The minimum Gasteiger partial charge on any atom is -0.481 e. The van der Waals surface area contributed by atoms with Crippen molar-refractivity contribution in [1.82, 2.24) is 5.32 Å². The van der Waals surface area contributed by atoms with Crippen molar-refractivity contribution in [2.45, 2.75) is 39.7 Å². The van der Waals surface area contributed by atoms with Crippen molar-refractivity contribution in [3.63, 3.8) is 0 Å². The fraction of sp³-hybridized carbons (Fsp3) is 0.500. The van der Waals surface area contributed by atoms with Gasteiger partial charge >= 0.3 is 0 Å². The fourth-order valence-corrected chi connectivity index (χ4v) is 2.02. The first-order valence-electron chi connectivity index (χ1n) is 6.19. The molecule has 1 N–H and O–H groups in total. The van der Waals surface area contributed by atoms with E-state index >= 15 is 0 Å². The van der Waals surface area contributed by atoms with Gasteiger partial charge in [-0.2, -0.15) is 0 Å². The molecule has 1 unspecified atom stereocenters. The Bertz CT molecular complexity index is 418. The normalized spacial score (nSPS) is 12.3. The SMILES string of the molecule is CCNC(=O)C(C)Oc1ccc(Br)cc1C(C)C. The first-order valence-corrected chi connectivity index (χ1v) is 6.98. The Balaban J connectivity index is 2.87. The first kappa shape index (κ1) is 15.0. The highest BCUT2D eigenvalue weighted by Gasteiger charge is 2.16. The third-order valence-corrected chi connectivity index (χ3v) is 3.11. The van der Waals surface area contributed by atoms with E-state index in [0.717, 1.165) is 15.8 Å². The summed E-state index contributed by atoms with van der Waals surface area (Å²) in [5.41, 5.74) is 1.10. The van der Waals surface area contributed by atoms with Crippen LogP contribution in [0.15, 0.2) is 22.7 Å². The van der Waals surface area contributed by atoms with Gasteiger partial charge in [0.25, 0.3) is 5.91 Å². The summed E-state index contributed by atoms with van der Waals surface area (Å²) in [5.74, 6) is 1.03. The van der Waals surface area contributed by atoms with Crippen LogP contribution >= 0.6 is 15.9 Å². The van der Waals surface area contributed by atoms with Crippen LogP contribution in [0.2, 0.25) is 0 Å². The van der Waals surface area contributed by atoms with Crippen molar-refractivity contribution in [3.05, 3.63) is 28.2 Å². The molecule has 1 aromatic rings. The molecule has 0 aliphatic carbocycles. The van der Waals surface area contributed by atoms with Gasteiger partial charge in [-0.1, -0.05) is 29.8 Å². The number of ether oxygens (including phenoxy) is 1. The van der Waals surface area contributed by atoms with Crippen LogP contribution in [-0.4, -0.2) is 18.6 Å². The number of likely N-dealkylation sites (N-methyl/N-ethyl adjacent to an activating group) is 1. The summed E-state index contributed by atoms with van der Waals surface area (Å²) in [4.78, 5) is 11.7. The number of halogens is 1. The highest BCUT2D eigenvalue weighted by Crippen LogP contribution is 2.30. The topological polar surface area (TPSA) is 38.3 Å². The lowest BCUT2D eigenvalue weighted by Gasteiger charge is -2.18. The quantitative estimate of drug-likeness (QED) is 0.903. The lowest BCUT2D eigenvalue weighted by Crippen LogP contribution is -2.36. The van der Waals surface area contributed by atoms with Crippen LogP contribution in [0.25, 0.3) is 0 Å². The molecule has 1 aromatic carbocycles. The Hall–Kier alpha value is -1.03. The average molecular weight is 314 g/mol. The molecule has 4 heteroatoms. The van der Waals surface area contributed by atoms with Gasteiger partial charge in [0.2, 0.25) is 0 Å². The third kappa shape index (κ3) is 4.02. The van der Waals surface area contributed by atoms with Gasteiger partial charge in [0.05, 0.1) is 0 Å². The summed E-state index contributed by atoms with van der Waals surface area (Å²) in [7, 11) is 0. The minimum atomic E-state index is -0.483. The Morgan fingerprint density at radius 3 is 2.61 bits per heavy atom. The van der Waals surface area contributed by atoms with Crippen LogP contribution in [0.5, 0.6) is 5.75 Å². The van der Waals surface area contributed by atoms with E-state index in [-0.39, 0.29) is 5.91 Å². The average Bonchev–Trinajstić information content (AvgIpc) is 2.31. The van der Waals surface area contributed by atoms with E-state index < -0.39 is 6.10 Å². The van der Waals surface area contributed by atoms with Crippen LogP contribution in [0.3, 0.4) is 0 Å². The summed E-state index contributed by atoms with van der Waals surface area (Å²) in [6, 6.07) is 5.85. The summed E-state index contributed by atoms with van der Waals surface area (Å²) in [6.45, 7) is 8.47. The number of carbonyl (C=O) groups is 1. The third-order valence-electron chi connectivity index (χ3n) is 2.62. The van der Waals surface area contributed by atoms with Gasteiger partial charge in [-0.15, -0.1) is 0 Å². The molecule has 1 atom stereocenters. The maximum Gasteiger partial charge on any atom is 0.260 e. The second-order valence-electron chi connectivity index (χ2n) is 4.49. The number of carbonyl (C=O) groups excluding carboxylic acids is 1. The minimum absolute atomic E-state index is 0.0878. The number of amides is 1. The Kier molecular flexibility index (Phi) is 5.66. The molecule has 100 valence electrons. The highest BCUT2D eigenvalue weighted by molar-refractivity contribution is 9.10. The number of hydrogen-bond acceptors (Lipinski definition) is 2. The predicted molar refractivity (Wildman–Crippen MR) is 77.0 cm³/mol. The van der Waals surface area contributed by atoms with E-state index in [2.05, 4.69) is 35.1 Å². The van der Waals surface area contributed by atoms with Crippen molar-refractivity contribution in [1.29, 1.82) is 0 Å². The molecule has 3 nitrogen and oxygen atoms in total. The maximum absolute atomic E-state index is 11.7. The van der Waals surface area contributed by atoms with Gasteiger partial charge in [0, 0.05) is 11.0 Å². The summed E-state index contributed by atoms with van der Waals surface area (Å²) < 4.78 is 6.76. The van der Waals surface area contributed by atoms with Crippen molar-refractivity contribution in [3.8, 4) is 5.75 Å². The Morgan fingerprint density at radius 2 is 2.06 bits per heavy atom. The largest absolute Gasteiger partial charge is 0.481 e. The van der Waals surface area contributed by atoms with Crippen LogP contribution in [0.4, 0.5) is 0 Å². The Labute approximate surface area is 117 Å². The molecule has 18 heavy (non-hydrogen) atoms. The van der Waals surface area contributed by atoms with Crippen molar-refractivity contribution < 1.29 is 9.53 Å². The lowest BCUT2D eigenvalue weighted by atomic mass is 10.0. The second-order valence-corrected chi connectivity index (χ2v) is 5.41. The predicted octanol–water partition coefficient (Wildman–Crippen LogP) is 3.48. The smallest absolute Gasteiger partial charge is 0.260 e. The molecule has 0 spiro atoms. The number of rotatable bonds is 5. The molecule has 1 rings (SSSR count). The zero-order chi connectivity index (χ0) is 13.7. The standard InChI is InChI=1S/C14H20BrNO2/c1-5-16-14(17)10(4)18-13-7-6-11(15)8-12(13)9(2)3/h6-10H,5H2,1-4H3,(H,16,17). The molecule has 0 bridgehead atoms. The molecule has 0 saturated heterocycles. The van der Waals surface area contributed by atoms with Crippen molar-refractivity contribution >= 4 is 21.8 Å². The molecule has 0 aliphatic heterocycles. The summed E-state index contributed by atoms with van der Waals surface area (Å²) >= 11 is 3.45. The van der Waals surface area contributed by atoms with E-state index in [1.807, 2.05) is 25.1 Å². The summed E-state index contributed by atoms with van der Waals surface area (Å²) in [5, 5.41) is 2.75. The zero-order valence-corrected chi connectivity index (χ0v) is 12.9. The lowest BCUT2D eigenvalue weighted by molar-refractivity contribution is -0.127. The molecular formula is C14H20BrNO2. The van der Waals surface area contributed by atoms with Gasteiger partial charge < -0.3 is 10.1 Å². The van der Waals surface area contributed by atoms with E-state index in [9.17, 15) is 4.79 Å². The summed E-state index contributed by atoms with van der Waals surface area (Å²) in [6.07, 6.45) is -0.483. The molecule has 0 saturated carbocycles. The molecule has 1 amide bonds. The molecule has 0 heterocycles. The molecule has 0 radical (unpaired) electrons. The van der Waals surface area contributed by atoms with E-state index in [1.54, 1.807) is 6.92 Å². The van der Waals surface area contributed by atoms with Crippen LogP contribution in [-0.2, 0) is 4.79 Å². The second kappa shape index (κ2) is 6.78. The van der Waals surface area contributed by atoms with E-state index in [1.165, 1.54) is 0 Å². The number of nitrogens with one attached hydrogen (secondary N) is 1. The van der Waals surface area contributed by atoms with Gasteiger partial charge in [-0.25, -0.2) is 0 Å². The van der Waals surface area contributed by atoms with Gasteiger partial charge in [-0.05, 0) is 43.5 Å². The zero-order valence-electron chi connectivity index (χ0n) is 11.3. The van der Waals surface area contributed by atoms with Gasteiger partial charge in [0.15, 0.2) is 6.10 Å². The monoisotopic (exact) mass is 313 g/mol. The van der Waals surface area contributed by atoms with E-state index in [4.69, 9.17) is 4.74 Å². The van der Waals surface area contributed by atoms with E-state index in [0.29, 0.717) is 12.5 Å². The first-order chi connectivity index (χ1) is 8.45. The molecule has 0 aliphatic rings. The molecular weight excluding hydrogens is 294 g/mol. The fourth-order valence-electron chi connectivity index (χ4n) is 1.64. The molecule has 0 aromatic heterocycles.